The Bertz CT molecular complexity index is 471. The normalized spacial score (nSPS) is 15.5. The van der Waals surface area contributed by atoms with Crippen LogP contribution in [0.3, 0.4) is 0 Å². The molecule has 0 radical (unpaired) electrons. The van der Waals surface area contributed by atoms with Crippen LogP contribution in [0.15, 0.2) is 42.7 Å². The smallest absolute Gasteiger partial charge is 0.0539 e. The van der Waals surface area contributed by atoms with E-state index in [4.69, 9.17) is 0 Å². The van der Waals surface area contributed by atoms with Gasteiger partial charge in [-0.1, -0.05) is 18.2 Å². The van der Waals surface area contributed by atoms with Crippen molar-refractivity contribution in [3.05, 3.63) is 48.3 Å². The molecule has 1 fully saturated rings. The van der Waals surface area contributed by atoms with Crippen molar-refractivity contribution < 1.29 is 0 Å². The Balaban J connectivity index is 1.60. The fourth-order valence-corrected chi connectivity index (χ4v) is 2.08. The Hall–Kier alpha value is -1.77. The van der Waals surface area contributed by atoms with Gasteiger partial charge in [0.15, 0.2) is 0 Å². The molecule has 1 aromatic heterocycles. The van der Waals surface area contributed by atoms with Gasteiger partial charge in [0.2, 0.25) is 0 Å². The summed E-state index contributed by atoms with van der Waals surface area (Å²) in [5.74, 6) is 0. The van der Waals surface area contributed by atoms with Crippen molar-refractivity contribution in [2.75, 3.05) is 5.32 Å². The zero-order valence-electron chi connectivity index (χ0n) is 9.84. The van der Waals surface area contributed by atoms with E-state index in [9.17, 15) is 0 Å². The minimum atomic E-state index is 0.653. The quantitative estimate of drug-likeness (QED) is 0.869. The Morgan fingerprint density at radius 3 is 2.76 bits per heavy atom. The van der Waals surface area contributed by atoms with Crippen molar-refractivity contribution in [1.29, 1.82) is 0 Å². The molecule has 1 heterocycles. The summed E-state index contributed by atoms with van der Waals surface area (Å²) in [7, 11) is 0. The standard InChI is InChI=1S/C14H17N3/c1-2-5-13(6-3-1)15-9-12-10-16-17(11-12)14-7-4-8-14/h1-3,5-6,10-11,14-15H,4,7-9H2. The third-order valence-electron chi connectivity index (χ3n) is 3.37. The first-order valence-corrected chi connectivity index (χ1v) is 6.24. The Morgan fingerprint density at radius 1 is 1.24 bits per heavy atom. The Morgan fingerprint density at radius 2 is 2.06 bits per heavy atom. The number of rotatable bonds is 4. The maximum atomic E-state index is 4.43. The molecule has 0 bridgehead atoms. The van der Waals surface area contributed by atoms with Gasteiger partial charge in [0.25, 0.3) is 0 Å². The van der Waals surface area contributed by atoms with E-state index in [0.29, 0.717) is 6.04 Å². The maximum Gasteiger partial charge on any atom is 0.0539 e. The summed E-state index contributed by atoms with van der Waals surface area (Å²) in [6.07, 6.45) is 8.05. The van der Waals surface area contributed by atoms with E-state index >= 15 is 0 Å². The third-order valence-corrected chi connectivity index (χ3v) is 3.37. The second-order valence-electron chi connectivity index (χ2n) is 4.63. The van der Waals surface area contributed by atoms with Crippen LogP contribution in [0.1, 0.15) is 30.9 Å². The lowest BCUT2D eigenvalue weighted by molar-refractivity contribution is 0.289. The van der Waals surface area contributed by atoms with Gasteiger partial charge in [0.05, 0.1) is 12.2 Å². The maximum absolute atomic E-state index is 4.43. The van der Waals surface area contributed by atoms with Crippen LogP contribution in [0, 0.1) is 0 Å². The lowest BCUT2D eigenvalue weighted by Gasteiger charge is -2.25. The van der Waals surface area contributed by atoms with E-state index in [1.54, 1.807) is 0 Å². The number of para-hydroxylation sites is 1. The molecule has 1 saturated carbocycles. The molecule has 3 nitrogen and oxygen atoms in total. The van der Waals surface area contributed by atoms with Crippen LogP contribution < -0.4 is 5.32 Å². The molecule has 1 aliphatic carbocycles. The van der Waals surface area contributed by atoms with Crippen molar-refractivity contribution >= 4 is 5.69 Å². The molecule has 1 aliphatic rings. The van der Waals surface area contributed by atoms with Crippen LogP contribution >= 0.6 is 0 Å². The lowest BCUT2D eigenvalue weighted by Crippen LogP contribution is -2.17. The van der Waals surface area contributed by atoms with Crippen LogP contribution in [0.4, 0.5) is 5.69 Å². The SMILES string of the molecule is c1ccc(NCc2cnn(C3CCC3)c2)cc1. The highest BCUT2D eigenvalue weighted by molar-refractivity contribution is 5.42. The van der Waals surface area contributed by atoms with Crippen LogP contribution in [0.25, 0.3) is 0 Å². The van der Waals surface area contributed by atoms with Crippen LogP contribution in [-0.2, 0) is 6.54 Å². The summed E-state index contributed by atoms with van der Waals surface area (Å²) in [5.41, 5.74) is 2.41. The molecular weight excluding hydrogens is 210 g/mol. The van der Waals surface area contributed by atoms with Gasteiger partial charge in [-0.3, -0.25) is 4.68 Å². The molecule has 1 N–H and O–H groups in total. The predicted octanol–water partition coefficient (Wildman–Crippen LogP) is 3.22. The fraction of sp³-hybridized carbons (Fsp3) is 0.357. The second kappa shape index (κ2) is 4.62. The second-order valence-corrected chi connectivity index (χ2v) is 4.63. The summed E-state index contributed by atoms with van der Waals surface area (Å²) in [6, 6.07) is 10.9. The van der Waals surface area contributed by atoms with E-state index < -0.39 is 0 Å². The molecule has 88 valence electrons. The number of nitrogens with zero attached hydrogens (tertiary/aromatic N) is 2. The van der Waals surface area contributed by atoms with Crippen molar-refractivity contribution in [2.45, 2.75) is 31.8 Å². The highest BCUT2D eigenvalue weighted by atomic mass is 15.3. The summed E-state index contributed by atoms with van der Waals surface area (Å²) >= 11 is 0. The van der Waals surface area contributed by atoms with Gasteiger partial charge in [0.1, 0.15) is 0 Å². The number of benzene rings is 1. The monoisotopic (exact) mass is 227 g/mol. The molecule has 17 heavy (non-hydrogen) atoms. The van der Waals surface area contributed by atoms with E-state index in [1.165, 1.54) is 24.8 Å². The molecule has 0 spiro atoms. The highest BCUT2D eigenvalue weighted by Crippen LogP contribution is 2.30. The Kier molecular flexibility index (Phi) is 2.82. The summed E-state index contributed by atoms with van der Waals surface area (Å²) in [5, 5.41) is 7.82. The lowest BCUT2D eigenvalue weighted by atomic mass is 9.93. The van der Waals surface area contributed by atoms with E-state index in [0.717, 1.165) is 12.2 Å². The molecular formula is C14H17N3. The number of aromatic nitrogens is 2. The zero-order chi connectivity index (χ0) is 11.5. The van der Waals surface area contributed by atoms with Gasteiger partial charge in [-0.25, -0.2) is 0 Å². The first-order valence-electron chi connectivity index (χ1n) is 6.24. The largest absolute Gasteiger partial charge is 0.381 e. The summed E-state index contributed by atoms with van der Waals surface area (Å²) in [6.45, 7) is 0.844. The molecule has 0 amide bonds. The minimum Gasteiger partial charge on any atom is -0.381 e. The van der Waals surface area contributed by atoms with Crippen molar-refractivity contribution in [3.63, 3.8) is 0 Å². The predicted molar refractivity (Wildman–Crippen MR) is 68.9 cm³/mol. The zero-order valence-corrected chi connectivity index (χ0v) is 9.84. The topological polar surface area (TPSA) is 29.9 Å². The van der Waals surface area contributed by atoms with Crippen molar-refractivity contribution in [2.24, 2.45) is 0 Å². The van der Waals surface area contributed by atoms with Crippen LogP contribution in [0.2, 0.25) is 0 Å². The molecule has 0 aliphatic heterocycles. The van der Waals surface area contributed by atoms with Gasteiger partial charge >= 0.3 is 0 Å². The first kappa shape index (κ1) is 10.4. The minimum absolute atomic E-state index is 0.653. The average molecular weight is 227 g/mol. The van der Waals surface area contributed by atoms with Gasteiger partial charge in [-0.15, -0.1) is 0 Å². The van der Waals surface area contributed by atoms with Gasteiger partial charge in [0, 0.05) is 24.0 Å². The summed E-state index contributed by atoms with van der Waals surface area (Å²) < 4.78 is 2.12. The molecule has 0 atom stereocenters. The number of anilines is 1. The molecule has 0 saturated heterocycles. The van der Waals surface area contributed by atoms with E-state index in [-0.39, 0.29) is 0 Å². The van der Waals surface area contributed by atoms with Crippen LogP contribution in [0.5, 0.6) is 0 Å². The molecule has 3 heteroatoms. The number of hydrogen-bond donors (Lipinski definition) is 1. The summed E-state index contributed by atoms with van der Waals surface area (Å²) in [4.78, 5) is 0. The number of hydrogen-bond acceptors (Lipinski definition) is 2. The third kappa shape index (κ3) is 2.33. The Labute approximate surface area is 101 Å². The molecule has 3 rings (SSSR count). The highest BCUT2D eigenvalue weighted by Gasteiger charge is 2.19. The fourth-order valence-electron chi connectivity index (χ4n) is 2.08. The van der Waals surface area contributed by atoms with Crippen LogP contribution in [-0.4, -0.2) is 9.78 Å². The van der Waals surface area contributed by atoms with Gasteiger partial charge in [-0.2, -0.15) is 5.10 Å². The average Bonchev–Trinajstić information content (AvgIpc) is 2.74. The van der Waals surface area contributed by atoms with E-state index in [2.05, 4.69) is 33.4 Å². The van der Waals surface area contributed by atoms with Crippen molar-refractivity contribution in [3.8, 4) is 0 Å². The first-order chi connectivity index (χ1) is 8.42. The number of nitrogens with one attached hydrogen (secondary N) is 1. The van der Waals surface area contributed by atoms with Gasteiger partial charge in [-0.05, 0) is 31.4 Å². The molecule has 0 unspecified atom stereocenters. The molecule has 1 aromatic carbocycles. The van der Waals surface area contributed by atoms with E-state index in [1.807, 2.05) is 24.4 Å². The van der Waals surface area contributed by atoms with Gasteiger partial charge < -0.3 is 5.32 Å². The molecule has 2 aromatic rings. The van der Waals surface area contributed by atoms with Crippen molar-refractivity contribution in [1.82, 2.24) is 9.78 Å².